The highest BCUT2D eigenvalue weighted by atomic mass is 32.1. The third-order valence-electron chi connectivity index (χ3n) is 2.60. The van der Waals surface area contributed by atoms with Crippen molar-refractivity contribution in [1.29, 1.82) is 0 Å². The summed E-state index contributed by atoms with van der Waals surface area (Å²) in [6.45, 7) is 3.80. The summed E-state index contributed by atoms with van der Waals surface area (Å²) >= 11 is 1.11. The summed E-state index contributed by atoms with van der Waals surface area (Å²) in [5.41, 5.74) is 1.20. The Kier molecular flexibility index (Phi) is 3.29. The Bertz CT molecular complexity index is 658. The molecule has 1 N–H and O–H groups in total. The lowest BCUT2D eigenvalue weighted by molar-refractivity contribution is 0.0701. The first kappa shape index (κ1) is 12.5. The Labute approximate surface area is 107 Å². The molecule has 0 bridgehead atoms. The van der Waals surface area contributed by atoms with Gasteiger partial charge in [0, 0.05) is 11.8 Å². The van der Waals surface area contributed by atoms with Gasteiger partial charge in [-0.25, -0.2) is 9.78 Å². The van der Waals surface area contributed by atoms with E-state index in [1.807, 2.05) is 13.0 Å². The van der Waals surface area contributed by atoms with Crippen LogP contribution in [-0.2, 0) is 6.54 Å². The number of hydrogen-bond acceptors (Lipinski definition) is 4. The van der Waals surface area contributed by atoms with E-state index in [4.69, 9.17) is 5.11 Å². The molecule has 0 unspecified atom stereocenters. The highest BCUT2D eigenvalue weighted by molar-refractivity contribution is 7.13. The van der Waals surface area contributed by atoms with E-state index in [0.29, 0.717) is 17.2 Å². The van der Waals surface area contributed by atoms with Crippen LogP contribution in [-0.4, -0.2) is 20.6 Å². The SMILES string of the molecule is Cc1nc(Cn2c(C)cccc2=O)sc1C(=O)O. The molecule has 0 saturated heterocycles. The van der Waals surface area contributed by atoms with Gasteiger partial charge in [-0.15, -0.1) is 11.3 Å². The largest absolute Gasteiger partial charge is 0.477 e. The van der Waals surface area contributed by atoms with Crippen LogP contribution in [0.25, 0.3) is 0 Å². The lowest BCUT2D eigenvalue weighted by Gasteiger charge is -2.06. The van der Waals surface area contributed by atoms with E-state index in [0.717, 1.165) is 17.0 Å². The molecule has 18 heavy (non-hydrogen) atoms. The van der Waals surface area contributed by atoms with Crippen molar-refractivity contribution >= 4 is 17.3 Å². The van der Waals surface area contributed by atoms with E-state index in [2.05, 4.69) is 4.98 Å². The Morgan fingerprint density at radius 2 is 2.17 bits per heavy atom. The average Bonchev–Trinajstić information content (AvgIpc) is 2.65. The van der Waals surface area contributed by atoms with Gasteiger partial charge < -0.3 is 9.67 Å². The summed E-state index contributed by atoms with van der Waals surface area (Å²) in [5.74, 6) is -0.978. The second-order valence-electron chi connectivity index (χ2n) is 3.92. The minimum atomic E-state index is -0.978. The normalized spacial score (nSPS) is 10.6. The molecule has 2 aromatic rings. The van der Waals surface area contributed by atoms with E-state index in [9.17, 15) is 9.59 Å². The molecule has 5 nitrogen and oxygen atoms in total. The van der Waals surface area contributed by atoms with Crippen molar-refractivity contribution in [3.05, 3.63) is 49.8 Å². The number of carbonyl (C=O) groups is 1. The highest BCUT2D eigenvalue weighted by Crippen LogP contribution is 2.18. The number of thiazole rings is 1. The third kappa shape index (κ3) is 2.33. The predicted molar refractivity (Wildman–Crippen MR) is 68.4 cm³/mol. The van der Waals surface area contributed by atoms with Gasteiger partial charge in [-0.3, -0.25) is 4.79 Å². The van der Waals surface area contributed by atoms with Gasteiger partial charge >= 0.3 is 5.97 Å². The van der Waals surface area contributed by atoms with Gasteiger partial charge in [0.2, 0.25) is 0 Å². The zero-order valence-corrected chi connectivity index (χ0v) is 10.8. The molecule has 0 aliphatic heterocycles. The van der Waals surface area contributed by atoms with Gasteiger partial charge in [0.1, 0.15) is 9.88 Å². The molecule has 0 spiro atoms. The maximum absolute atomic E-state index is 11.7. The lowest BCUT2D eigenvalue weighted by Crippen LogP contribution is -2.21. The molecule has 0 aliphatic rings. The van der Waals surface area contributed by atoms with Crippen LogP contribution in [0, 0.1) is 13.8 Å². The first-order valence-electron chi connectivity index (χ1n) is 5.35. The number of carboxylic acid groups (broad SMARTS) is 1. The van der Waals surface area contributed by atoms with Crippen LogP contribution in [0.2, 0.25) is 0 Å². The molecular weight excluding hydrogens is 252 g/mol. The topological polar surface area (TPSA) is 72.2 Å². The van der Waals surface area contributed by atoms with Crippen molar-refractivity contribution in [2.75, 3.05) is 0 Å². The monoisotopic (exact) mass is 264 g/mol. The second-order valence-corrected chi connectivity index (χ2v) is 5.00. The van der Waals surface area contributed by atoms with Crippen LogP contribution in [0.5, 0.6) is 0 Å². The minimum Gasteiger partial charge on any atom is -0.477 e. The van der Waals surface area contributed by atoms with Crippen molar-refractivity contribution in [2.45, 2.75) is 20.4 Å². The van der Waals surface area contributed by atoms with E-state index in [-0.39, 0.29) is 10.4 Å². The van der Waals surface area contributed by atoms with Crippen molar-refractivity contribution in [2.24, 2.45) is 0 Å². The molecule has 0 amide bonds. The Balaban J connectivity index is 2.38. The highest BCUT2D eigenvalue weighted by Gasteiger charge is 2.14. The number of aromatic carboxylic acids is 1. The molecule has 0 fully saturated rings. The number of aryl methyl sites for hydroxylation is 2. The van der Waals surface area contributed by atoms with Crippen LogP contribution in [0.15, 0.2) is 23.0 Å². The Morgan fingerprint density at radius 3 is 2.72 bits per heavy atom. The molecule has 0 aromatic carbocycles. The van der Waals surface area contributed by atoms with E-state index in [1.54, 1.807) is 17.6 Å². The fourth-order valence-corrected chi connectivity index (χ4v) is 2.57. The van der Waals surface area contributed by atoms with E-state index in [1.165, 1.54) is 6.07 Å². The molecule has 94 valence electrons. The summed E-state index contributed by atoms with van der Waals surface area (Å²) < 4.78 is 1.57. The molecule has 2 rings (SSSR count). The number of pyridine rings is 1. The van der Waals surface area contributed by atoms with Crippen molar-refractivity contribution < 1.29 is 9.90 Å². The van der Waals surface area contributed by atoms with Gasteiger partial charge in [0.25, 0.3) is 5.56 Å². The zero-order chi connectivity index (χ0) is 13.3. The van der Waals surface area contributed by atoms with Crippen molar-refractivity contribution in [1.82, 2.24) is 9.55 Å². The molecular formula is C12H12N2O3S. The molecule has 6 heteroatoms. The van der Waals surface area contributed by atoms with E-state index < -0.39 is 5.97 Å². The van der Waals surface area contributed by atoms with E-state index >= 15 is 0 Å². The quantitative estimate of drug-likeness (QED) is 0.915. The smallest absolute Gasteiger partial charge is 0.347 e. The van der Waals surface area contributed by atoms with Crippen molar-refractivity contribution in [3.8, 4) is 0 Å². The van der Waals surface area contributed by atoms with Crippen LogP contribution in [0.3, 0.4) is 0 Å². The average molecular weight is 264 g/mol. The molecule has 0 aliphatic carbocycles. The molecule has 0 atom stereocenters. The van der Waals surface area contributed by atoms with Crippen LogP contribution < -0.4 is 5.56 Å². The fraction of sp³-hybridized carbons (Fsp3) is 0.250. The Hall–Kier alpha value is -1.95. The van der Waals surface area contributed by atoms with Crippen LogP contribution in [0.1, 0.15) is 26.1 Å². The van der Waals surface area contributed by atoms with Gasteiger partial charge in [-0.1, -0.05) is 6.07 Å². The first-order valence-corrected chi connectivity index (χ1v) is 6.16. The Morgan fingerprint density at radius 1 is 1.44 bits per heavy atom. The number of carboxylic acids is 1. The second kappa shape index (κ2) is 4.73. The summed E-state index contributed by atoms with van der Waals surface area (Å²) in [5, 5.41) is 9.58. The van der Waals surface area contributed by atoms with Crippen molar-refractivity contribution in [3.63, 3.8) is 0 Å². The summed E-state index contributed by atoms with van der Waals surface area (Å²) in [7, 11) is 0. The first-order chi connectivity index (χ1) is 8.49. The zero-order valence-electron chi connectivity index (χ0n) is 10.0. The number of rotatable bonds is 3. The number of hydrogen-bond donors (Lipinski definition) is 1. The van der Waals surface area contributed by atoms with Crippen LogP contribution in [0.4, 0.5) is 0 Å². The predicted octanol–water partition coefficient (Wildman–Crippen LogP) is 1.67. The summed E-state index contributed by atoms with van der Waals surface area (Å²) in [4.78, 5) is 27.0. The summed E-state index contributed by atoms with van der Waals surface area (Å²) in [6, 6.07) is 5.01. The van der Waals surface area contributed by atoms with Gasteiger partial charge in [-0.2, -0.15) is 0 Å². The standard InChI is InChI=1S/C12H12N2O3S/c1-7-4-3-5-10(15)14(7)6-9-13-8(2)11(18-9)12(16)17/h3-5H,6H2,1-2H3,(H,16,17). The third-order valence-corrected chi connectivity index (χ3v) is 3.73. The fourth-order valence-electron chi connectivity index (χ4n) is 1.68. The van der Waals surface area contributed by atoms with Gasteiger partial charge in [0.05, 0.1) is 12.2 Å². The maximum Gasteiger partial charge on any atom is 0.347 e. The molecule has 2 aromatic heterocycles. The van der Waals surface area contributed by atoms with Gasteiger partial charge in [-0.05, 0) is 19.9 Å². The molecule has 0 saturated carbocycles. The number of nitrogens with zero attached hydrogens (tertiary/aromatic N) is 2. The molecule has 2 heterocycles. The molecule has 0 radical (unpaired) electrons. The van der Waals surface area contributed by atoms with Gasteiger partial charge in [0.15, 0.2) is 0 Å². The van der Waals surface area contributed by atoms with Crippen LogP contribution >= 0.6 is 11.3 Å². The maximum atomic E-state index is 11.7. The minimum absolute atomic E-state index is 0.111. The summed E-state index contributed by atoms with van der Waals surface area (Å²) in [6.07, 6.45) is 0. The number of aromatic nitrogens is 2. The lowest BCUT2D eigenvalue weighted by atomic mass is 10.3.